The first kappa shape index (κ1) is 14.4. The normalized spacial score (nSPS) is 10.4. The van der Waals surface area contributed by atoms with Gasteiger partial charge in [-0.2, -0.15) is 0 Å². The molecule has 0 aliphatic heterocycles. The van der Waals surface area contributed by atoms with Gasteiger partial charge in [0.1, 0.15) is 0 Å². The van der Waals surface area contributed by atoms with Gasteiger partial charge in [0, 0.05) is 31.1 Å². The van der Waals surface area contributed by atoms with E-state index in [-0.39, 0.29) is 5.97 Å². The Balaban J connectivity index is 2.52. The zero-order chi connectivity index (χ0) is 13.4. The number of hydrogen-bond acceptors (Lipinski definition) is 4. The second-order valence-electron chi connectivity index (χ2n) is 3.98. The molecule has 4 heteroatoms. The maximum absolute atomic E-state index is 11.5. The van der Waals surface area contributed by atoms with E-state index in [2.05, 4.69) is 23.4 Å². The molecule has 0 atom stereocenters. The summed E-state index contributed by atoms with van der Waals surface area (Å²) in [6, 6.07) is 3.94. The minimum Gasteiger partial charge on any atom is -0.463 e. The number of carbonyl (C=O) groups is 1. The predicted molar refractivity (Wildman–Crippen MR) is 71.0 cm³/mol. The van der Waals surface area contributed by atoms with Crippen molar-refractivity contribution in [2.75, 3.05) is 19.7 Å². The van der Waals surface area contributed by atoms with Gasteiger partial charge < -0.3 is 4.74 Å². The Morgan fingerprint density at radius 3 is 2.61 bits per heavy atom. The molecule has 4 nitrogen and oxygen atoms in total. The van der Waals surface area contributed by atoms with Gasteiger partial charge in [0.15, 0.2) is 0 Å². The Labute approximate surface area is 108 Å². The Bertz CT molecular complexity index is 390. The first-order valence-corrected chi connectivity index (χ1v) is 6.13. The number of aromatic nitrogens is 1. The van der Waals surface area contributed by atoms with Crippen molar-refractivity contribution < 1.29 is 9.53 Å². The molecule has 0 radical (unpaired) electrons. The van der Waals surface area contributed by atoms with Crippen LogP contribution in [0.2, 0.25) is 0 Å². The third-order valence-electron chi connectivity index (χ3n) is 2.58. The first-order valence-electron chi connectivity index (χ1n) is 6.13. The third kappa shape index (κ3) is 4.67. The Morgan fingerprint density at radius 1 is 1.39 bits per heavy atom. The van der Waals surface area contributed by atoms with Crippen molar-refractivity contribution in [2.45, 2.75) is 20.4 Å². The number of hydrogen-bond donors (Lipinski definition) is 0. The van der Waals surface area contributed by atoms with E-state index in [0.29, 0.717) is 18.7 Å². The van der Waals surface area contributed by atoms with Gasteiger partial charge in [-0.25, -0.2) is 4.79 Å². The average Bonchev–Trinajstić information content (AvgIpc) is 2.39. The standard InChI is InChI=1S/C14H20N2O2/c1-4-16(10-12(3)14(17)18-5-2)11-13-6-8-15-9-7-13/h6-9H,3-5,10-11H2,1-2H3. The highest BCUT2D eigenvalue weighted by Gasteiger charge is 2.12. The fourth-order valence-corrected chi connectivity index (χ4v) is 1.59. The summed E-state index contributed by atoms with van der Waals surface area (Å²) in [7, 11) is 0. The van der Waals surface area contributed by atoms with Crippen LogP contribution in [0.4, 0.5) is 0 Å². The van der Waals surface area contributed by atoms with Crippen LogP contribution in [-0.2, 0) is 16.1 Å². The van der Waals surface area contributed by atoms with Gasteiger partial charge in [-0.3, -0.25) is 9.88 Å². The number of ether oxygens (including phenoxy) is 1. The van der Waals surface area contributed by atoms with E-state index in [1.165, 1.54) is 5.56 Å². The van der Waals surface area contributed by atoms with E-state index < -0.39 is 0 Å². The molecule has 18 heavy (non-hydrogen) atoms. The lowest BCUT2D eigenvalue weighted by Gasteiger charge is -2.20. The second kappa shape index (κ2) is 7.61. The molecule has 0 aliphatic carbocycles. The Morgan fingerprint density at radius 2 is 2.06 bits per heavy atom. The van der Waals surface area contributed by atoms with Crippen molar-refractivity contribution in [1.29, 1.82) is 0 Å². The van der Waals surface area contributed by atoms with Crippen LogP contribution in [0.15, 0.2) is 36.7 Å². The van der Waals surface area contributed by atoms with E-state index in [0.717, 1.165) is 13.1 Å². The summed E-state index contributed by atoms with van der Waals surface area (Å²) in [5.41, 5.74) is 1.66. The summed E-state index contributed by atoms with van der Waals surface area (Å²) in [5, 5.41) is 0. The van der Waals surface area contributed by atoms with Crippen LogP contribution in [0.3, 0.4) is 0 Å². The van der Waals surface area contributed by atoms with Crippen LogP contribution < -0.4 is 0 Å². The van der Waals surface area contributed by atoms with Crippen molar-refractivity contribution in [3.8, 4) is 0 Å². The van der Waals surface area contributed by atoms with Crippen molar-refractivity contribution in [2.24, 2.45) is 0 Å². The first-order chi connectivity index (χ1) is 8.67. The molecule has 0 aliphatic rings. The molecule has 0 fully saturated rings. The Kier molecular flexibility index (Phi) is 6.08. The lowest BCUT2D eigenvalue weighted by atomic mass is 10.2. The van der Waals surface area contributed by atoms with Gasteiger partial charge in [-0.15, -0.1) is 0 Å². The molecule has 0 unspecified atom stereocenters. The molecule has 0 saturated carbocycles. The zero-order valence-corrected chi connectivity index (χ0v) is 11.1. The van der Waals surface area contributed by atoms with Gasteiger partial charge in [-0.1, -0.05) is 13.5 Å². The van der Waals surface area contributed by atoms with Crippen molar-refractivity contribution >= 4 is 5.97 Å². The van der Waals surface area contributed by atoms with Gasteiger partial charge >= 0.3 is 5.97 Å². The topological polar surface area (TPSA) is 42.4 Å². The quantitative estimate of drug-likeness (QED) is 0.547. The average molecular weight is 248 g/mol. The molecule has 0 N–H and O–H groups in total. The molecule has 0 bridgehead atoms. The molecule has 1 heterocycles. The minimum atomic E-state index is -0.314. The summed E-state index contributed by atoms with van der Waals surface area (Å²) in [6.07, 6.45) is 3.53. The number of nitrogens with zero attached hydrogens (tertiary/aromatic N) is 2. The highest BCUT2D eigenvalue weighted by molar-refractivity contribution is 5.88. The SMILES string of the molecule is C=C(CN(CC)Cc1ccncc1)C(=O)OCC. The number of pyridine rings is 1. The zero-order valence-electron chi connectivity index (χ0n) is 11.1. The highest BCUT2D eigenvalue weighted by Crippen LogP contribution is 2.06. The van der Waals surface area contributed by atoms with Gasteiger partial charge in [0.25, 0.3) is 0 Å². The lowest BCUT2D eigenvalue weighted by Crippen LogP contribution is -2.27. The third-order valence-corrected chi connectivity index (χ3v) is 2.58. The van der Waals surface area contributed by atoms with Gasteiger partial charge in [0.05, 0.1) is 6.61 Å². The molecular formula is C14H20N2O2. The largest absolute Gasteiger partial charge is 0.463 e. The Hall–Kier alpha value is -1.68. The number of esters is 1. The molecule has 0 aromatic carbocycles. The summed E-state index contributed by atoms with van der Waals surface area (Å²) in [4.78, 5) is 17.6. The molecule has 1 aromatic heterocycles. The van der Waals surface area contributed by atoms with Crippen LogP contribution in [0.25, 0.3) is 0 Å². The molecule has 1 aromatic rings. The van der Waals surface area contributed by atoms with Crippen LogP contribution in [0.1, 0.15) is 19.4 Å². The maximum Gasteiger partial charge on any atom is 0.334 e. The number of carbonyl (C=O) groups excluding carboxylic acids is 1. The molecule has 0 spiro atoms. The molecule has 1 rings (SSSR count). The van der Waals surface area contributed by atoms with Crippen molar-refractivity contribution in [3.05, 3.63) is 42.2 Å². The van der Waals surface area contributed by atoms with Gasteiger partial charge in [-0.05, 0) is 31.2 Å². The predicted octanol–water partition coefficient (Wildman–Crippen LogP) is 2.02. The van der Waals surface area contributed by atoms with E-state index in [1.807, 2.05) is 12.1 Å². The van der Waals surface area contributed by atoms with Crippen molar-refractivity contribution in [3.63, 3.8) is 0 Å². The van der Waals surface area contributed by atoms with E-state index in [4.69, 9.17) is 4.74 Å². The summed E-state index contributed by atoms with van der Waals surface area (Å²) < 4.78 is 4.92. The second-order valence-corrected chi connectivity index (χ2v) is 3.98. The molecule has 0 amide bonds. The van der Waals surface area contributed by atoms with Crippen LogP contribution in [0.5, 0.6) is 0 Å². The highest BCUT2D eigenvalue weighted by atomic mass is 16.5. The maximum atomic E-state index is 11.5. The van der Waals surface area contributed by atoms with E-state index >= 15 is 0 Å². The van der Waals surface area contributed by atoms with Crippen LogP contribution in [-0.4, -0.2) is 35.5 Å². The molecular weight excluding hydrogens is 228 g/mol. The van der Waals surface area contributed by atoms with E-state index in [1.54, 1.807) is 19.3 Å². The van der Waals surface area contributed by atoms with E-state index in [9.17, 15) is 4.79 Å². The molecule has 98 valence electrons. The molecule has 0 saturated heterocycles. The van der Waals surface area contributed by atoms with Crippen LogP contribution >= 0.6 is 0 Å². The number of rotatable bonds is 7. The summed E-state index contributed by atoms with van der Waals surface area (Å²) >= 11 is 0. The monoisotopic (exact) mass is 248 g/mol. The smallest absolute Gasteiger partial charge is 0.334 e. The fraction of sp³-hybridized carbons (Fsp3) is 0.429. The number of likely N-dealkylation sites (N-methyl/N-ethyl adjacent to an activating group) is 1. The fourth-order valence-electron chi connectivity index (χ4n) is 1.59. The van der Waals surface area contributed by atoms with Crippen LogP contribution in [0, 0.1) is 0 Å². The summed E-state index contributed by atoms with van der Waals surface area (Å²) in [5.74, 6) is -0.314. The minimum absolute atomic E-state index is 0.314. The lowest BCUT2D eigenvalue weighted by molar-refractivity contribution is -0.138. The van der Waals surface area contributed by atoms with Gasteiger partial charge in [0.2, 0.25) is 0 Å². The van der Waals surface area contributed by atoms with Crippen molar-refractivity contribution in [1.82, 2.24) is 9.88 Å². The summed E-state index contributed by atoms with van der Waals surface area (Å²) in [6.45, 7) is 10.2.